The highest BCUT2D eigenvalue weighted by Gasteiger charge is 2.08. The summed E-state index contributed by atoms with van der Waals surface area (Å²) in [6, 6.07) is 17.6. The number of nitrogens with one attached hydrogen (secondary N) is 2. The van der Waals surface area contributed by atoms with Crippen molar-refractivity contribution in [3.63, 3.8) is 0 Å². The third-order valence-corrected chi connectivity index (χ3v) is 4.27. The van der Waals surface area contributed by atoms with E-state index in [2.05, 4.69) is 20.8 Å². The van der Waals surface area contributed by atoms with Gasteiger partial charge in [0.25, 0.3) is 0 Å². The lowest BCUT2D eigenvalue weighted by Crippen LogP contribution is -2.36. The molecule has 0 spiro atoms. The van der Waals surface area contributed by atoms with Gasteiger partial charge in [-0.2, -0.15) is 0 Å². The van der Waals surface area contributed by atoms with Gasteiger partial charge in [-0.3, -0.25) is 0 Å². The molecular formula is C22H26N4O3. The van der Waals surface area contributed by atoms with E-state index in [-0.39, 0.29) is 0 Å². The van der Waals surface area contributed by atoms with Crippen LogP contribution in [0.3, 0.4) is 0 Å². The van der Waals surface area contributed by atoms with Crippen LogP contribution in [0.25, 0.3) is 11.3 Å². The van der Waals surface area contributed by atoms with Gasteiger partial charge in [-0.15, -0.1) is 0 Å². The topological polar surface area (TPSA) is 80.9 Å². The second-order valence-electron chi connectivity index (χ2n) is 6.29. The number of rotatable bonds is 8. The Bertz CT molecular complexity index is 938. The van der Waals surface area contributed by atoms with Gasteiger partial charge in [0.2, 0.25) is 0 Å². The number of guanidine groups is 1. The Balaban J connectivity index is 1.63. The predicted molar refractivity (Wildman–Crippen MR) is 113 cm³/mol. The van der Waals surface area contributed by atoms with Crippen molar-refractivity contribution in [2.45, 2.75) is 20.0 Å². The summed E-state index contributed by atoms with van der Waals surface area (Å²) < 4.78 is 16.1. The third kappa shape index (κ3) is 5.51. The fourth-order valence-corrected chi connectivity index (χ4v) is 2.80. The van der Waals surface area contributed by atoms with E-state index in [9.17, 15) is 0 Å². The van der Waals surface area contributed by atoms with Gasteiger partial charge in [0.1, 0.15) is 5.69 Å². The molecule has 3 rings (SSSR count). The molecule has 0 amide bonds. The van der Waals surface area contributed by atoms with Gasteiger partial charge >= 0.3 is 0 Å². The number of hydrogen-bond donors (Lipinski definition) is 2. The third-order valence-electron chi connectivity index (χ3n) is 4.27. The Morgan fingerprint density at radius 2 is 1.79 bits per heavy atom. The molecule has 0 fully saturated rings. The standard InChI is InChI=1S/C22H26N4O3/c1-4-23-22(24-14-16-10-11-19(27-2)21(12-16)28-3)25-15-18-13-20(29-26-18)17-8-6-5-7-9-17/h5-13H,4,14-15H2,1-3H3,(H2,23,24,25). The van der Waals surface area contributed by atoms with Gasteiger partial charge in [-0.1, -0.05) is 41.6 Å². The van der Waals surface area contributed by atoms with Crippen LogP contribution in [0.15, 0.2) is 64.1 Å². The highest BCUT2D eigenvalue weighted by Crippen LogP contribution is 2.27. The number of hydrogen-bond acceptors (Lipinski definition) is 5. The molecule has 0 aliphatic rings. The van der Waals surface area contributed by atoms with E-state index in [0.29, 0.717) is 30.5 Å². The molecule has 0 bridgehead atoms. The van der Waals surface area contributed by atoms with Crippen LogP contribution in [0, 0.1) is 0 Å². The smallest absolute Gasteiger partial charge is 0.191 e. The molecule has 0 saturated carbocycles. The Labute approximate surface area is 170 Å². The first-order valence-corrected chi connectivity index (χ1v) is 9.47. The van der Waals surface area contributed by atoms with Crippen molar-refractivity contribution in [1.29, 1.82) is 0 Å². The van der Waals surface area contributed by atoms with Gasteiger partial charge in [-0.05, 0) is 24.6 Å². The highest BCUT2D eigenvalue weighted by atomic mass is 16.5. The van der Waals surface area contributed by atoms with Crippen LogP contribution in [-0.4, -0.2) is 31.9 Å². The van der Waals surface area contributed by atoms with E-state index in [1.807, 2.05) is 61.5 Å². The molecule has 7 heteroatoms. The van der Waals surface area contributed by atoms with Gasteiger partial charge in [0.05, 0.1) is 27.3 Å². The molecule has 152 valence electrons. The molecule has 2 N–H and O–H groups in total. The minimum atomic E-state index is 0.504. The molecule has 3 aromatic rings. The number of benzene rings is 2. The Morgan fingerprint density at radius 1 is 1.00 bits per heavy atom. The van der Waals surface area contributed by atoms with E-state index >= 15 is 0 Å². The number of nitrogens with zero attached hydrogens (tertiary/aromatic N) is 2. The summed E-state index contributed by atoms with van der Waals surface area (Å²) in [5.41, 5.74) is 2.83. The molecule has 0 aliphatic carbocycles. The molecule has 0 aliphatic heterocycles. The summed E-state index contributed by atoms with van der Waals surface area (Å²) in [6.45, 7) is 3.79. The summed E-state index contributed by atoms with van der Waals surface area (Å²) in [4.78, 5) is 4.63. The lowest BCUT2D eigenvalue weighted by Gasteiger charge is -2.11. The van der Waals surface area contributed by atoms with Crippen LogP contribution in [0.5, 0.6) is 11.5 Å². The van der Waals surface area contributed by atoms with E-state index in [0.717, 1.165) is 29.1 Å². The molecular weight excluding hydrogens is 368 g/mol. The number of aliphatic imine (C=N–C) groups is 1. The van der Waals surface area contributed by atoms with Crippen molar-refractivity contribution < 1.29 is 14.0 Å². The van der Waals surface area contributed by atoms with Crippen molar-refractivity contribution >= 4 is 5.96 Å². The zero-order chi connectivity index (χ0) is 20.5. The maximum Gasteiger partial charge on any atom is 0.191 e. The monoisotopic (exact) mass is 394 g/mol. The SMILES string of the molecule is CCNC(=NCc1ccc(OC)c(OC)c1)NCc1cc(-c2ccccc2)on1. The zero-order valence-electron chi connectivity index (χ0n) is 16.9. The van der Waals surface area contributed by atoms with Crippen molar-refractivity contribution in [2.24, 2.45) is 4.99 Å². The molecule has 0 radical (unpaired) electrons. The van der Waals surface area contributed by atoms with Crippen molar-refractivity contribution in [3.05, 3.63) is 65.9 Å². The molecule has 29 heavy (non-hydrogen) atoms. The van der Waals surface area contributed by atoms with Gasteiger partial charge in [0, 0.05) is 18.2 Å². The summed E-state index contributed by atoms with van der Waals surface area (Å²) in [6.07, 6.45) is 0. The lowest BCUT2D eigenvalue weighted by molar-refractivity contribution is 0.354. The fourth-order valence-electron chi connectivity index (χ4n) is 2.80. The Hall–Kier alpha value is -3.48. The fraction of sp³-hybridized carbons (Fsp3) is 0.273. The quantitative estimate of drug-likeness (QED) is 0.449. The average molecular weight is 394 g/mol. The van der Waals surface area contributed by atoms with Crippen LogP contribution in [0.1, 0.15) is 18.2 Å². The van der Waals surface area contributed by atoms with Crippen LogP contribution in [0.4, 0.5) is 0 Å². The zero-order valence-corrected chi connectivity index (χ0v) is 16.9. The first kappa shape index (κ1) is 20.3. The molecule has 0 unspecified atom stereocenters. The van der Waals surface area contributed by atoms with Gasteiger partial charge in [-0.25, -0.2) is 4.99 Å². The van der Waals surface area contributed by atoms with E-state index in [4.69, 9.17) is 14.0 Å². The number of aromatic nitrogens is 1. The molecule has 1 heterocycles. The average Bonchev–Trinajstić information content (AvgIpc) is 3.25. The largest absolute Gasteiger partial charge is 0.493 e. The summed E-state index contributed by atoms with van der Waals surface area (Å²) in [5.74, 6) is 2.83. The maximum absolute atomic E-state index is 5.44. The minimum Gasteiger partial charge on any atom is -0.493 e. The number of methoxy groups -OCH3 is 2. The predicted octanol–water partition coefficient (Wildman–Crippen LogP) is 3.61. The Kier molecular flexibility index (Phi) is 7.10. The number of ether oxygens (including phenoxy) is 2. The van der Waals surface area contributed by atoms with Crippen LogP contribution in [-0.2, 0) is 13.1 Å². The molecule has 0 saturated heterocycles. The minimum absolute atomic E-state index is 0.504. The van der Waals surface area contributed by atoms with Crippen LogP contribution in [0.2, 0.25) is 0 Å². The molecule has 2 aromatic carbocycles. The first-order valence-electron chi connectivity index (χ1n) is 9.47. The highest BCUT2D eigenvalue weighted by molar-refractivity contribution is 5.79. The van der Waals surface area contributed by atoms with E-state index in [1.165, 1.54) is 0 Å². The first-order chi connectivity index (χ1) is 14.2. The normalized spacial score (nSPS) is 11.2. The second kappa shape index (κ2) is 10.2. The summed E-state index contributed by atoms with van der Waals surface area (Å²) in [7, 11) is 3.24. The van der Waals surface area contributed by atoms with Crippen molar-refractivity contribution in [3.8, 4) is 22.8 Å². The van der Waals surface area contributed by atoms with Crippen molar-refractivity contribution in [1.82, 2.24) is 15.8 Å². The van der Waals surface area contributed by atoms with Crippen LogP contribution < -0.4 is 20.1 Å². The van der Waals surface area contributed by atoms with Gasteiger partial charge < -0.3 is 24.6 Å². The lowest BCUT2D eigenvalue weighted by atomic mass is 10.2. The summed E-state index contributed by atoms with van der Waals surface area (Å²) in [5, 5.41) is 10.7. The molecule has 1 aromatic heterocycles. The maximum atomic E-state index is 5.44. The molecule has 0 atom stereocenters. The van der Waals surface area contributed by atoms with E-state index < -0.39 is 0 Å². The van der Waals surface area contributed by atoms with Crippen LogP contribution >= 0.6 is 0 Å². The second-order valence-corrected chi connectivity index (χ2v) is 6.29. The van der Waals surface area contributed by atoms with Gasteiger partial charge in [0.15, 0.2) is 23.2 Å². The van der Waals surface area contributed by atoms with Crippen molar-refractivity contribution in [2.75, 3.05) is 20.8 Å². The summed E-state index contributed by atoms with van der Waals surface area (Å²) >= 11 is 0. The Morgan fingerprint density at radius 3 is 2.52 bits per heavy atom. The van der Waals surface area contributed by atoms with E-state index in [1.54, 1.807) is 14.2 Å². The molecule has 7 nitrogen and oxygen atoms in total.